The van der Waals surface area contributed by atoms with E-state index in [9.17, 15) is 4.79 Å². The van der Waals surface area contributed by atoms with Crippen molar-refractivity contribution in [1.82, 2.24) is 14.7 Å². The third-order valence-electron chi connectivity index (χ3n) is 2.55. The van der Waals surface area contributed by atoms with E-state index in [0.29, 0.717) is 13.0 Å². The van der Waals surface area contributed by atoms with E-state index in [-0.39, 0.29) is 11.9 Å². The number of primary amides is 1. The maximum Gasteiger partial charge on any atom is 0.218 e. The Morgan fingerprint density at radius 1 is 1.59 bits per heavy atom. The summed E-state index contributed by atoms with van der Waals surface area (Å²) in [5.74, 6) is -0.292. The summed E-state index contributed by atoms with van der Waals surface area (Å²) in [5, 5.41) is 3.21. The van der Waals surface area contributed by atoms with Crippen LogP contribution in [0, 0.1) is 0 Å². The molecule has 0 aromatic carbocycles. The van der Waals surface area contributed by atoms with E-state index in [0.717, 1.165) is 11.3 Å². The van der Waals surface area contributed by atoms with Crippen LogP contribution in [0.25, 0.3) is 5.65 Å². The lowest BCUT2D eigenvalue weighted by Gasteiger charge is -2.09. The third kappa shape index (κ3) is 3.04. The summed E-state index contributed by atoms with van der Waals surface area (Å²) in [5.41, 5.74) is 7.00. The average molecular weight is 232 g/mol. The van der Waals surface area contributed by atoms with E-state index in [1.54, 1.807) is 0 Å². The van der Waals surface area contributed by atoms with Gasteiger partial charge in [0.1, 0.15) is 5.65 Å². The molecule has 0 aliphatic heterocycles. The van der Waals surface area contributed by atoms with Crippen LogP contribution in [0.1, 0.15) is 19.0 Å². The van der Waals surface area contributed by atoms with Crippen LogP contribution in [0.15, 0.2) is 30.6 Å². The van der Waals surface area contributed by atoms with Crippen molar-refractivity contribution in [1.29, 1.82) is 0 Å². The number of hydrogen-bond acceptors (Lipinski definition) is 3. The summed E-state index contributed by atoms with van der Waals surface area (Å²) in [4.78, 5) is 15.2. The molecule has 1 unspecified atom stereocenters. The third-order valence-corrected chi connectivity index (χ3v) is 2.55. The summed E-state index contributed by atoms with van der Waals surface area (Å²) < 4.78 is 1.97. The molecular formula is C12H16N4O. The van der Waals surface area contributed by atoms with Gasteiger partial charge in [0, 0.05) is 31.4 Å². The number of pyridine rings is 1. The first-order valence-electron chi connectivity index (χ1n) is 5.59. The molecule has 2 aromatic rings. The number of imidazole rings is 1. The van der Waals surface area contributed by atoms with Gasteiger partial charge >= 0.3 is 0 Å². The summed E-state index contributed by atoms with van der Waals surface area (Å²) in [7, 11) is 0. The number of nitrogens with zero attached hydrogens (tertiary/aromatic N) is 2. The van der Waals surface area contributed by atoms with Crippen LogP contribution < -0.4 is 11.1 Å². The number of fused-ring (bicyclic) bond motifs is 1. The van der Waals surface area contributed by atoms with E-state index in [1.165, 1.54) is 0 Å². The standard InChI is InChI=1S/C12H16N4O/c1-9(6-11(13)17)14-7-10-8-16-5-3-2-4-12(16)15-10/h2-5,8-9,14H,6-7H2,1H3,(H2,13,17). The second-order valence-electron chi connectivity index (χ2n) is 4.15. The SMILES string of the molecule is CC(CC(N)=O)NCc1cn2ccccc2n1. The molecule has 2 rings (SSSR count). The molecule has 0 bridgehead atoms. The number of nitrogens with two attached hydrogens (primary N) is 1. The van der Waals surface area contributed by atoms with Gasteiger partial charge in [-0.25, -0.2) is 4.98 Å². The molecule has 5 heteroatoms. The number of amides is 1. The van der Waals surface area contributed by atoms with Crippen molar-refractivity contribution in [2.75, 3.05) is 0 Å². The smallest absolute Gasteiger partial charge is 0.218 e. The van der Waals surface area contributed by atoms with Crippen molar-refractivity contribution < 1.29 is 4.79 Å². The number of rotatable bonds is 5. The monoisotopic (exact) mass is 232 g/mol. The van der Waals surface area contributed by atoms with Gasteiger partial charge in [0.2, 0.25) is 5.91 Å². The van der Waals surface area contributed by atoms with Crippen molar-refractivity contribution in [3.8, 4) is 0 Å². The Kier molecular flexibility index (Phi) is 3.39. The zero-order chi connectivity index (χ0) is 12.3. The molecule has 1 atom stereocenters. The van der Waals surface area contributed by atoms with Crippen molar-refractivity contribution in [3.05, 3.63) is 36.3 Å². The van der Waals surface area contributed by atoms with Crippen molar-refractivity contribution in [2.45, 2.75) is 25.9 Å². The molecule has 0 spiro atoms. The van der Waals surface area contributed by atoms with Crippen LogP contribution in [-0.4, -0.2) is 21.3 Å². The molecule has 90 valence electrons. The molecule has 0 saturated heterocycles. The average Bonchev–Trinajstić information content (AvgIpc) is 2.68. The number of carbonyl (C=O) groups excluding carboxylic acids is 1. The largest absolute Gasteiger partial charge is 0.370 e. The van der Waals surface area contributed by atoms with Crippen LogP contribution in [0.2, 0.25) is 0 Å². The number of aromatic nitrogens is 2. The first-order chi connectivity index (χ1) is 8.15. The van der Waals surface area contributed by atoms with Crippen LogP contribution in [0.5, 0.6) is 0 Å². The zero-order valence-corrected chi connectivity index (χ0v) is 9.76. The lowest BCUT2D eigenvalue weighted by Crippen LogP contribution is -2.30. The highest BCUT2D eigenvalue weighted by Crippen LogP contribution is 2.04. The summed E-state index contributed by atoms with van der Waals surface area (Å²) >= 11 is 0. The van der Waals surface area contributed by atoms with E-state index in [2.05, 4.69) is 10.3 Å². The van der Waals surface area contributed by atoms with Gasteiger partial charge in [-0.05, 0) is 19.1 Å². The molecule has 1 amide bonds. The lowest BCUT2D eigenvalue weighted by atomic mass is 10.2. The van der Waals surface area contributed by atoms with Crippen LogP contribution >= 0.6 is 0 Å². The fraction of sp³-hybridized carbons (Fsp3) is 0.333. The van der Waals surface area contributed by atoms with Gasteiger partial charge in [-0.3, -0.25) is 4.79 Å². The normalized spacial score (nSPS) is 12.8. The summed E-state index contributed by atoms with van der Waals surface area (Å²) in [6.45, 7) is 2.57. The predicted octanol–water partition coefficient (Wildman–Crippen LogP) is 0.688. The Labute approximate surface area is 99.6 Å². The molecule has 0 aliphatic carbocycles. The maximum absolute atomic E-state index is 10.7. The zero-order valence-electron chi connectivity index (χ0n) is 9.76. The molecule has 0 saturated carbocycles. The van der Waals surface area contributed by atoms with Gasteiger partial charge < -0.3 is 15.5 Å². The first kappa shape index (κ1) is 11.6. The quantitative estimate of drug-likeness (QED) is 0.796. The van der Waals surface area contributed by atoms with E-state index >= 15 is 0 Å². The molecule has 5 nitrogen and oxygen atoms in total. The predicted molar refractivity (Wildman–Crippen MR) is 65.3 cm³/mol. The topological polar surface area (TPSA) is 72.4 Å². The van der Waals surface area contributed by atoms with Gasteiger partial charge in [0.15, 0.2) is 0 Å². The van der Waals surface area contributed by atoms with Gasteiger partial charge in [0.25, 0.3) is 0 Å². The molecular weight excluding hydrogens is 216 g/mol. The summed E-state index contributed by atoms with van der Waals surface area (Å²) in [6.07, 6.45) is 4.27. The molecule has 2 aromatic heterocycles. The molecule has 0 aliphatic rings. The molecule has 3 N–H and O–H groups in total. The van der Waals surface area contributed by atoms with Gasteiger partial charge in [0.05, 0.1) is 5.69 Å². The van der Waals surface area contributed by atoms with Crippen LogP contribution in [0.4, 0.5) is 0 Å². The minimum atomic E-state index is -0.292. The molecule has 17 heavy (non-hydrogen) atoms. The van der Waals surface area contributed by atoms with Gasteiger partial charge in [-0.1, -0.05) is 6.07 Å². The maximum atomic E-state index is 10.7. The van der Waals surface area contributed by atoms with E-state index in [1.807, 2.05) is 41.9 Å². The minimum Gasteiger partial charge on any atom is -0.370 e. The Morgan fingerprint density at radius 2 is 2.41 bits per heavy atom. The fourth-order valence-corrected chi connectivity index (χ4v) is 1.73. The second-order valence-corrected chi connectivity index (χ2v) is 4.15. The summed E-state index contributed by atoms with van der Waals surface area (Å²) in [6, 6.07) is 5.94. The Bertz CT molecular complexity index is 487. The highest BCUT2D eigenvalue weighted by molar-refractivity contribution is 5.74. The highest BCUT2D eigenvalue weighted by Gasteiger charge is 2.06. The van der Waals surface area contributed by atoms with Crippen LogP contribution in [-0.2, 0) is 11.3 Å². The Balaban J connectivity index is 1.97. The molecule has 0 radical (unpaired) electrons. The highest BCUT2D eigenvalue weighted by atomic mass is 16.1. The lowest BCUT2D eigenvalue weighted by molar-refractivity contribution is -0.118. The van der Waals surface area contributed by atoms with E-state index < -0.39 is 0 Å². The van der Waals surface area contributed by atoms with Crippen molar-refractivity contribution in [2.24, 2.45) is 5.73 Å². The van der Waals surface area contributed by atoms with Crippen molar-refractivity contribution in [3.63, 3.8) is 0 Å². The number of carbonyl (C=O) groups is 1. The van der Waals surface area contributed by atoms with Gasteiger partial charge in [-0.15, -0.1) is 0 Å². The van der Waals surface area contributed by atoms with Crippen molar-refractivity contribution >= 4 is 11.6 Å². The molecule has 2 heterocycles. The minimum absolute atomic E-state index is 0.0670. The van der Waals surface area contributed by atoms with E-state index in [4.69, 9.17) is 5.73 Å². The number of nitrogens with one attached hydrogen (secondary N) is 1. The Morgan fingerprint density at radius 3 is 3.12 bits per heavy atom. The van der Waals surface area contributed by atoms with Gasteiger partial charge in [-0.2, -0.15) is 0 Å². The second kappa shape index (κ2) is 4.97. The first-order valence-corrected chi connectivity index (χ1v) is 5.59. The molecule has 0 fully saturated rings. The Hall–Kier alpha value is -1.88. The number of hydrogen-bond donors (Lipinski definition) is 2. The van der Waals surface area contributed by atoms with Crippen LogP contribution in [0.3, 0.4) is 0 Å². The fourth-order valence-electron chi connectivity index (χ4n) is 1.73.